The summed E-state index contributed by atoms with van der Waals surface area (Å²) in [6.07, 6.45) is 2.92. The molecule has 0 radical (unpaired) electrons. The molecular weight excluding hydrogens is 482 g/mol. The van der Waals surface area contributed by atoms with E-state index in [1.807, 2.05) is 78.7 Å². The van der Waals surface area contributed by atoms with Gasteiger partial charge in [0.05, 0.1) is 0 Å². The van der Waals surface area contributed by atoms with Gasteiger partial charge in [-0.1, -0.05) is 72.8 Å². The lowest BCUT2D eigenvalue weighted by Gasteiger charge is -2.40. The quantitative estimate of drug-likeness (QED) is 0.378. The van der Waals surface area contributed by atoms with E-state index in [9.17, 15) is 9.59 Å². The van der Waals surface area contributed by atoms with Crippen LogP contribution in [-0.2, 0) is 4.79 Å². The van der Waals surface area contributed by atoms with Crippen LogP contribution >= 0.6 is 0 Å². The first-order chi connectivity index (χ1) is 18.7. The molecule has 0 bridgehead atoms. The zero-order valence-electron chi connectivity index (χ0n) is 24.3. The molecule has 208 valence electrons. The van der Waals surface area contributed by atoms with Crippen LogP contribution in [-0.4, -0.2) is 60.4 Å². The Morgan fingerprint density at radius 1 is 0.897 bits per heavy atom. The van der Waals surface area contributed by atoms with Gasteiger partial charge in [0.2, 0.25) is 5.91 Å². The Bertz CT molecular complexity index is 1140. The molecule has 0 aliphatic carbocycles. The Morgan fingerprint density at radius 2 is 1.46 bits per heavy atom. The summed E-state index contributed by atoms with van der Waals surface area (Å²) in [6.45, 7) is 11.7. The maximum atomic E-state index is 13.0. The molecule has 1 fully saturated rings. The lowest BCUT2D eigenvalue weighted by atomic mass is 9.88. The molecule has 4 rings (SSSR count). The molecular formula is C34H45N3O2. The molecule has 2 amide bonds. The van der Waals surface area contributed by atoms with Crippen molar-refractivity contribution in [3.05, 3.63) is 107 Å². The third-order valence-corrected chi connectivity index (χ3v) is 7.76. The number of benzene rings is 3. The van der Waals surface area contributed by atoms with E-state index in [2.05, 4.69) is 49.2 Å². The third-order valence-electron chi connectivity index (χ3n) is 7.76. The number of amides is 2. The number of likely N-dealkylation sites (N-methyl/N-ethyl adjacent to an activating group) is 1. The van der Waals surface area contributed by atoms with Crippen molar-refractivity contribution in [1.29, 1.82) is 0 Å². The standard InChI is InChI=1S/C28H39N3O2.C6H6/c1-21-11-12-25(19-22(21)2)26(20-30(5)27(33)24-9-7-6-8-10-24)13-16-31-17-14-28(4,15-18-31)29-23(3)32;1-2-4-6-5-3-1/h6-12,19,26H,13-18,20H2,1-5H3,(H,29,32);1-6H. The Balaban J connectivity index is 0.000000617. The Hall–Kier alpha value is -3.44. The summed E-state index contributed by atoms with van der Waals surface area (Å²) in [5.74, 6) is 0.381. The monoisotopic (exact) mass is 527 g/mol. The first-order valence-corrected chi connectivity index (χ1v) is 14.1. The molecule has 3 aromatic rings. The highest BCUT2D eigenvalue weighted by atomic mass is 16.2. The average Bonchev–Trinajstić information content (AvgIpc) is 2.94. The van der Waals surface area contributed by atoms with Crippen LogP contribution in [0.15, 0.2) is 84.9 Å². The van der Waals surface area contributed by atoms with Crippen molar-refractivity contribution in [2.75, 3.05) is 33.2 Å². The van der Waals surface area contributed by atoms with Gasteiger partial charge in [-0.2, -0.15) is 0 Å². The number of carbonyl (C=O) groups is 2. The summed E-state index contributed by atoms with van der Waals surface area (Å²) in [5, 5.41) is 3.13. The smallest absolute Gasteiger partial charge is 0.253 e. The molecule has 1 unspecified atom stereocenters. The van der Waals surface area contributed by atoms with Crippen molar-refractivity contribution in [2.24, 2.45) is 0 Å². The van der Waals surface area contributed by atoms with Gasteiger partial charge in [-0.3, -0.25) is 9.59 Å². The summed E-state index contributed by atoms with van der Waals surface area (Å²) in [7, 11) is 1.91. The van der Waals surface area contributed by atoms with E-state index in [0.717, 1.165) is 44.5 Å². The van der Waals surface area contributed by atoms with Crippen LogP contribution in [0.5, 0.6) is 0 Å². The number of piperidine rings is 1. The molecule has 1 N–H and O–H groups in total. The number of hydrogen-bond donors (Lipinski definition) is 1. The molecule has 5 nitrogen and oxygen atoms in total. The third kappa shape index (κ3) is 9.67. The van der Waals surface area contributed by atoms with Crippen molar-refractivity contribution in [2.45, 2.75) is 58.4 Å². The first kappa shape index (κ1) is 30.1. The van der Waals surface area contributed by atoms with Crippen molar-refractivity contribution in [1.82, 2.24) is 15.1 Å². The highest BCUT2D eigenvalue weighted by molar-refractivity contribution is 5.94. The molecule has 3 aromatic carbocycles. The van der Waals surface area contributed by atoms with E-state index >= 15 is 0 Å². The molecule has 1 aliphatic rings. The number of rotatable bonds is 8. The highest BCUT2D eigenvalue weighted by Gasteiger charge is 2.31. The second-order valence-electron chi connectivity index (χ2n) is 11.1. The predicted octanol–water partition coefficient (Wildman–Crippen LogP) is 6.23. The molecule has 0 spiro atoms. The number of hydrogen-bond acceptors (Lipinski definition) is 3. The number of nitrogens with zero attached hydrogens (tertiary/aromatic N) is 2. The van der Waals surface area contributed by atoms with Gasteiger partial charge < -0.3 is 15.1 Å². The van der Waals surface area contributed by atoms with Crippen LogP contribution < -0.4 is 5.32 Å². The van der Waals surface area contributed by atoms with Crippen LogP contribution in [0.25, 0.3) is 0 Å². The normalized spacial score (nSPS) is 15.4. The fraction of sp³-hybridized carbons (Fsp3) is 0.412. The largest absolute Gasteiger partial charge is 0.351 e. The van der Waals surface area contributed by atoms with E-state index in [1.165, 1.54) is 16.7 Å². The molecule has 0 aromatic heterocycles. The molecule has 1 atom stereocenters. The topological polar surface area (TPSA) is 52.7 Å². The van der Waals surface area contributed by atoms with E-state index in [1.54, 1.807) is 6.92 Å². The SMILES string of the molecule is CC(=O)NC1(C)CCN(CCC(CN(C)C(=O)c2ccccc2)c2ccc(C)c(C)c2)CC1.c1ccccc1. The number of likely N-dealkylation sites (tertiary alicyclic amines) is 1. The maximum absolute atomic E-state index is 13.0. The minimum absolute atomic E-state index is 0.0480. The minimum atomic E-state index is -0.0991. The summed E-state index contributed by atoms with van der Waals surface area (Å²) in [5.41, 5.74) is 4.51. The van der Waals surface area contributed by atoms with Gasteiger partial charge in [0.15, 0.2) is 0 Å². The van der Waals surface area contributed by atoms with Crippen LogP contribution in [0.3, 0.4) is 0 Å². The predicted molar refractivity (Wildman–Crippen MR) is 161 cm³/mol. The Kier molecular flexibility index (Phi) is 11.3. The van der Waals surface area contributed by atoms with Crippen LogP contribution in [0.2, 0.25) is 0 Å². The molecule has 1 aliphatic heterocycles. The average molecular weight is 528 g/mol. The van der Waals surface area contributed by atoms with Gasteiger partial charge in [-0.25, -0.2) is 0 Å². The van der Waals surface area contributed by atoms with Crippen molar-refractivity contribution < 1.29 is 9.59 Å². The van der Waals surface area contributed by atoms with Gasteiger partial charge in [0.25, 0.3) is 5.91 Å². The van der Waals surface area contributed by atoms with Gasteiger partial charge in [0, 0.05) is 50.6 Å². The van der Waals surface area contributed by atoms with Crippen LogP contribution in [0.4, 0.5) is 0 Å². The molecule has 1 heterocycles. The fourth-order valence-corrected chi connectivity index (χ4v) is 5.14. The summed E-state index contributed by atoms with van der Waals surface area (Å²) in [6, 6.07) is 28.2. The minimum Gasteiger partial charge on any atom is -0.351 e. The van der Waals surface area contributed by atoms with Crippen molar-refractivity contribution in [3.8, 4) is 0 Å². The molecule has 1 saturated heterocycles. The summed E-state index contributed by atoms with van der Waals surface area (Å²) >= 11 is 0. The molecule has 39 heavy (non-hydrogen) atoms. The van der Waals surface area contributed by atoms with Crippen LogP contribution in [0.1, 0.15) is 66.1 Å². The van der Waals surface area contributed by atoms with E-state index < -0.39 is 0 Å². The first-order valence-electron chi connectivity index (χ1n) is 14.1. The van der Waals surface area contributed by atoms with Crippen molar-refractivity contribution >= 4 is 11.8 Å². The zero-order valence-corrected chi connectivity index (χ0v) is 24.3. The highest BCUT2D eigenvalue weighted by Crippen LogP contribution is 2.27. The van der Waals surface area contributed by atoms with E-state index in [4.69, 9.17) is 0 Å². The zero-order chi connectivity index (χ0) is 28.3. The Morgan fingerprint density at radius 3 is 2.00 bits per heavy atom. The molecule has 0 saturated carbocycles. The second-order valence-corrected chi connectivity index (χ2v) is 11.1. The fourth-order valence-electron chi connectivity index (χ4n) is 5.14. The Labute approximate surface area is 235 Å². The number of aryl methyl sites for hydroxylation is 2. The summed E-state index contributed by atoms with van der Waals surface area (Å²) < 4.78 is 0. The maximum Gasteiger partial charge on any atom is 0.253 e. The summed E-state index contributed by atoms with van der Waals surface area (Å²) in [4.78, 5) is 28.9. The second kappa shape index (κ2) is 14.6. The van der Waals surface area contributed by atoms with Crippen LogP contribution in [0, 0.1) is 13.8 Å². The van der Waals surface area contributed by atoms with Gasteiger partial charge in [0.1, 0.15) is 0 Å². The lowest BCUT2D eigenvalue weighted by Crippen LogP contribution is -2.53. The molecule has 5 heteroatoms. The lowest BCUT2D eigenvalue weighted by molar-refractivity contribution is -0.121. The van der Waals surface area contributed by atoms with E-state index in [-0.39, 0.29) is 23.3 Å². The van der Waals surface area contributed by atoms with Gasteiger partial charge in [-0.05, 0) is 75.4 Å². The van der Waals surface area contributed by atoms with E-state index in [0.29, 0.717) is 6.54 Å². The number of carbonyl (C=O) groups excluding carboxylic acids is 2. The van der Waals surface area contributed by atoms with Gasteiger partial charge >= 0.3 is 0 Å². The van der Waals surface area contributed by atoms with Gasteiger partial charge in [-0.15, -0.1) is 0 Å². The van der Waals surface area contributed by atoms with Crippen molar-refractivity contribution in [3.63, 3.8) is 0 Å². The number of nitrogens with one attached hydrogen (secondary N) is 1.